The van der Waals surface area contributed by atoms with Crippen molar-refractivity contribution in [3.63, 3.8) is 0 Å². The van der Waals surface area contributed by atoms with Crippen LogP contribution in [-0.4, -0.2) is 17.8 Å². The van der Waals surface area contributed by atoms with Gasteiger partial charge in [-0.25, -0.2) is 0 Å². The van der Waals surface area contributed by atoms with Gasteiger partial charge in [0.15, 0.2) is 11.5 Å². The lowest BCUT2D eigenvalue weighted by Gasteiger charge is -2.08. The third-order valence-electron chi connectivity index (χ3n) is 2.19. The summed E-state index contributed by atoms with van der Waals surface area (Å²) in [5.41, 5.74) is 1.02. The van der Waals surface area contributed by atoms with E-state index in [0.29, 0.717) is 18.4 Å². The van der Waals surface area contributed by atoms with Crippen molar-refractivity contribution in [3.05, 3.63) is 23.8 Å². The van der Waals surface area contributed by atoms with E-state index < -0.39 is 0 Å². The first-order valence-corrected chi connectivity index (χ1v) is 4.44. The van der Waals surface area contributed by atoms with Crippen LogP contribution in [0.2, 0.25) is 0 Å². The molecule has 0 saturated carbocycles. The molecule has 3 nitrogen and oxygen atoms in total. The lowest BCUT2D eigenvalue weighted by atomic mass is 10.2. The Balaban J connectivity index is 2.35. The van der Waals surface area contributed by atoms with E-state index in [2.05, 4.69) is 12.2 Å². The summed E-state index contributed by atoms with van der Waals surface area (Å²) in [6.45, 7) is 3.42. The zero-order valence-corrected chi connectivity index (χ0v) is 7.58. The summed E-state index contributed by atoms with van der Waals surface area (Å²) in [4.78, 5) is 0. The van der Waals surface area contributed by atoms with Gasteiger partial charge in [0, 0.05) is 18.2 Å². The molecule has 0 aliphatic carbocycles. The van der Waals surface area contributed by atoms with Gasteiger partial charge in [-0.1, -0.05) is 12.1 Å². The van der Waals surface area contributed by atoms with Crippen LogP contribution in [-0.2, 0) is 6.54 Å². The largest absolute Gasteiger partial charge is 0.504 e. The molecule has 70 valence electrons. The maximum atomic E-state index is 9.51. The van der Waals surface area contributed by atoms with Gasteiger partial charge in [-0.2, -0.15) is 0 Å². The molecule has 0 spiro atoms. The van der Waals surface area contributed by atoms with Crippen LogP contribution < -0.4 is 10.1 Å². The molecule has 13 heavy (non-hydrogen) atoms. The van der Waals surface area contributed by atoms with E-state index in [1.807, 2.05) is 12.1 Å². The molecule has 3 heteroatoms. The fourth-order valence-electron chi connectivity index (χ4n) is 1.43. The zero-order chi connectivity index (χ0) is 9.26. The van der Waals surface area contributed by atoms with Crippen LogP contribution in [0.3, 0.4) is 0 Å². The number of para-hydroxylation sites is 1. The Morgan fingerprint density at radius 1 is 1.54 bits per heavy atom. The molecule has 1 unspecified atom stereocenters. The summed E-state index contributed by atoms with van der Waals surface area (Å²) in [6, 6.07) is 5.76. The van der Waals surface area contributed by atoms with Crippen molar-refractivity contribution in [2.45, 2.75) is 19.5 Å². The summed E-state index contributed by atoms with van der Waals surface area (Å²) >= 11 is 0. The number of nitrogens with one attached hydrogen (secondary N) is 1. The van der Waals surface area contributed by atoms with Crippen LogP contribution >= 0.6 is 0 Å². The highest BCUT2D eigenvalue weighted by molar-refractivity contribution is 5.45. The second-order valence-corrected chi connectivity index (χ2v) is 3.36. The van der Waals surface area contributed by atoms with Gasteiger partial charge in [0.1, 0.15) is 6.61 Å². The van der Waals surface area contributed by atoms with E-state index in [1.165, 1.54) is 0 Å². The van der Waals surface area contributed by atoms with Crippen LogP contribution in [0.5, 0.6) is 11.5 Å². The molecule has 0 amide bonds. The van der Waals surface area contributed by atoms with Crippen LogP contribution in [0.1, 0.15) is 12.5 Å². The normalized spacial score (nSPS) is 21.5. The molecule has 1 aromatic rings. The molecule has 0 saturated heterocycles. The molecule has 0 aromatic heterocycles. The summed E-state index contributed by atoms with van der Waals surface area (Å²) in [7, 11) is 0. The van der Waals surface area contributed by atoms with Gasteiger partial charge in [0.25, 0.3) is 0 Å². The number of fused-ring (bicyclic) bond motifs is 1. The maximum Gasteiger partial charge on any atom is 0.165 e. The Labute approximate surface area is 77.3 Å². The molecule has 1 aliphatic rings. The van der Waals surface area contributed by atoms with Gasteiger partial charge in [-0.05, 0) is 13.0 Å². The smallest absolute Gasteiger partial charge is 0.165 e. The summed E-state index contributed by atoms with van der Waals surface area (Å²) in [5, 5.41) is 12.8. The van der Waals surface area contributed by atoms with Crippen molar-refractivity contribution in [3.8, 4) is 11.5 Å². The van der Waals surface area contributed by atoms with E-state index >= 15 is 0 Å². The van der Waals surface area contributed by atoms with Gasteiger partial charge in [0.05, 0.1) is 0 Å². The molecule has 0 radical (unpaired) electrons. The number of rotatable bonds is 0. The van der Waals surface area contributed by atoms with Gasteiger partial charge >= 0.3 is 0 Å². The fraction of sp³-hybridized carbons (Fsp3) is 0.400. The minimum atomic E-state index is 0.230. The summed E-state index contributed by atoms with van der Waals surface area (Å²) < 4.78 is 5.48. The van der Waals surface area contributed by atoms with Gasteiger partial charge in [-0.15, -0.1) is 0 Å². The highest BCUT2D eigenvalue weighted by Gasteiger charge is 2.15. The lowest BCUT2D eigenvalue weighted by Crippen LogP contribution is -2.28. The average molecular weight is 179 g/mol. The second-order valence-electron chi connectivity index (χ2n) is 3.36. The molecule has 0 fully saturated rings. The van der Waals surface area contributed by atoms with E-state index in [-0.39, 0.29) is 5.75 Å². The molecule has 1 aromatic carbocycles. The quantitative estimate of drug-likeness (QED) is 0.630. The van der Waals surface area contributed by atoms with Crippen molar-refractivity contribution in [2.24, 2.45) is 0 Å². The Bertz CT molecular complexity index is 312. The predicted octanol–water partition coefficient (Wildman–Crippen LogP) is 1.26. The van der Waals surface area contributed by atoms with Gasteiger partial charge < -0.3 is 15.2 Å². The zero-order valence-electron chi connectivity index (χ0n) is 7.58. The van der Waals surface area contributed by atoms with Gasteiger partial charge in [0.2, 0.25) is 0 Å². The van der Waals surface area contributed by atoms with Crippen molar-refractivity contribution >= 4 is 0 Å². The number of hydrogen-bond donors (Lipinski definition) is 2. The first-order valence-electron chi connectivity index (χ1n) is 4.44. The minimum Gasteiger partial charge on any atom is -0.504 e. The molecular formula is C10H13NO2. The van der Waals surface area contributed by atoms with Crippen molar-refractivity contribution < 1.29 is 9.84 Å². The molecule has 0 bridgehead atoms. The third-order valence-corrected chi connectivity index (χ3v) is 2.19. The number of ether oxygens (including phenoxy) is 1. The van der Waals surface area contributed by atoms with Crippen molar-refractivity contribution in [1.82, 2.24) is 5.32 Å². The van der Waals surface area contributed by atoms with E-state index in [0.717, 1.165) is 12.1 Å². The topological polar surface area (TPSA) is 41.5 Å². The predicted molar refractivity (Wildman–Crippen MR) is 49.9 cm³/mol. The highest BCUT2D eigenvalue weighted by atomic mass is 16.5. The maximum absolute atomic E-state index is 9.51. The SMILES string of the molecule is CC1COc2c(O)cccc2CN1. The number of aromatic hydroxyl groups is 1. The second kappa shape index (κ2) is 3.26. The third kappa shape index (κ3) is 1.60. The standard InChI is InChI=1S/C10H13NO2/c1-7-6-13-10-8(5-11-7)3-2-4-9(10)12/h2-4,7,11-12H,5-6H2,1H3. The fourth-order valence-corrected chi connectivity index (χ4v) is 1.43. The van der Waals surface area contributed by atoms with Gasteiger partial charge in [-0.3, -0.25) is 0 Å². The molecule has 1 aliphatic heterocycles. The molecule has 1 atom stereocenters. The average Bonchev–Trinajstić information content (AvgIpc) is 2.30. The first kappa shape index (κ1) is 8.38. The van der Waals surface area contributed by atoms with Crippen LogP contribution in [0.25, 0.3) is 0 Å². The number of phenolic OH excluding ortho intramolecular Hbond substituents is 1. The minimum absolute atomic E-state index is 0.230. The summed E-state index contributed by atoms with van der Waals surface area (Å²) in [6.07, 6.45) is 0. The number of hydrogen-bond acceptors (Lipinski definition) is 3. The molecular weight excluding hydrogens is 166 g/mol. The summed E-state index contributed by atoms with van der Waals surface area (Å²) in [5.74, 6) is 0.854. The Hall–Kier alpha value is -1.22. The number of benzene rings is 1. The van der Waals surface area contributed by atoms with E-state index in [1.54, 1.807) is 6.07 Å². The molecule has 2 rings (SSSR count). The lowest BCUT2D eigenvalue weighted by molar-refractivity contribution is 0.275. The van der Waals surface area contributed by atoms with Crippen LogP contribution in [0.4, 0.5) is 0 Å². The Morgan fingerprint density at radius 3 is 3.23 bits per heavy atom. The Kier molecular flexibility index (Phi) is 2.10. The molecule has 1 heterocycles. The van der Waals surface area contributed by atoms with Crippen molar-refractivity contribution in [2.75, 3.05) is 6.61 Å². The Morgan fingerprint density at radius 2 is 2.38 bits per heavy atom. The molecule has 2 N–H and O–H groups in total. The first-order chi connectivity index (χ1) is 6.27. The van der Waals surface area contributed by atoms with Crippen molar-refractivity contribution in [1.29, 1.82) is 0 Å². The van der Waals surface area contributed by atoms with Crippen LogP contribution in [0, 0.1) is 0 Å². The highest BCUT2D eigenvalue weighted by Crippen LogP contribution is 2.31. The van der Waals surface area contributed by atoms with E-state index in [9.17, 15) is 5.11 Å². The monoisotopic (exact) mass is 179 g/mol. The number of phenols is 1. The van der Waals surface area contributed by atoms with Crippen LogP contribution in [0.15, 0.2) is 18.2 Å². The van der Waals surface area contributed by atoms with E-state index in [4.69, 9.17) is 4.74 Å².